The fourth-order valence-electron chi connectivity index (χ4n) is 3.21. The first-order valence-electron chi connectivity index (χ1n) is 8.91. The minimum absolute atomic E-state index is 0.0784. The highest BCUT2D eigenvalue weighted by Gasteiger charge is 2.26. The van der Waals surface area contributed by atoms with Crippen molar-refractivity contribution in [1.82, 2.24) is 25.8 Å². The van der Waals surface area contributed by atoms with Gasteiger partial charge < -0.3 is 15.4 Å². The summed E-state index contributed by atoms with van der Waals surface area (Å²) in [7, 11) is 1.47. The highest BCUT2D eigenvalue weighted by Crippen LogP contribution is 2.21. The van der Waals surface area contributed by atoms with Crippen LogP contribution in [0.3, 0.4) is 0 Å². The topological polar surface area (TPSA) is 109 Å². The number of H-pyrrole nitrogens is 1. The van der Waals surface area contributed by atoms with Crippen molar-refractivity contribution in [3.05, 3.63) is 41.3 Å². The van der Waals surface area contributed by atoms with Gasteiger partial charge in [-0.05, 0) is 37.8 Å². The minimum atomic E-state index is -2.71. The van der Waals surface area contributed by atoms with Crippen LogP contribution < -0.4 is 15.4 Å². The molecule has 0 aromatic carbocycles. The van der Waals surface area contributed by atoms with Crippen LogP contribution in [0.4, 0.5) is 8.78 Å². The quantitative estimate of drug-likeness (QED) is 0.697. The molecule has 1 saturated carbocycles. The second-order valence-electron chi connectivity index (χ2n) is 6.60. The van der Waals surface area contributed by atoms with E-state index in [1.165, 1.54) is 13.3 Å². The molecular weight excluding hydrogens is 372 g/mol. The van der Waals surface area contributed by atoms with Crippen molar-refractivity contribution >= 4 is 11.8 Å². The molecule has 28 heavy (non-hydrogen) atoms. The van der Waals surface area contributed by atoms with E-state index in [9.17, 15) is 18.4 Å². The van der Waals surface area contributed by atoms with Gasteiger partial charge in [-0.25, -0.2) is 13.8 Å². The molecule has 2 aromatic heterocycles. The number of halogens is 2. The van der Waals surface area contributed by atoms with Crippen LogP contribution in [0.25, 0.3) is 0 Å². The molecule has 1 fully saturated rings. The van der Waals surface area contributed by atoms with E-state index in [0.29, 0.717) is 17.9 Å². The minimum Gasteiger partial charge on any atom is -0.481 e. The van der Waals surface area contributed by atoms with Crippen molar-refractivity contribution in [2.75, 3.05) is 7.11 Å². The Morgan fingerprint density at radius 1 is 1.21 bits per heavy atom. The summed E-state index contributed by atoms with van der Waals surface area (Å²) in [5.74, 6) is -0.408. The predicted octanol–water partition coefficient (Wildman–Crippen LogP) is 2.22. The third-order valence-corrected chi connectivity index (χ3v) is 4.62. The van der Waals surface area contributed by atoms with Gasteiger partial charge in [-0.15, -0.1) is 0 Å². The fraction of sp³-hybridized carbons (Fsp3) is 0.444. The van der Waals surface area contributed by atoms with Gasteiger partial charge in [0.2, 0.25) is 5.88 Å². The van der Waals surface area contributed by atoms with E-state index in [1.807, 2.05) is 0 Å². The maximum atomic E-state index is 12.6. The molecule has 8 nitrogen and oxygen atoms in total. The van der Waals surface area contributed by atoms with Crippen molar-refractivity contribution < 1.29 is 23.1 Å². The van der Waals surface area contributed by atoms with Gasteiger partial charge in [-0.1, -0.05) is 0 Å². The van der Waals surface area contributed by atoms with Gasteiger partial charge in [0, 0.05) is 29.9 Å². The van der Waals surface area contributed by atoms with E-state index in [4.69, 9.17) is 4.74 Å². The average Bonchev–Trinajstić information content (AvgIpc) is 3.19. The monoisotopic (exact) mass is 393 g/mol. The lowest BCUT2D eigenvalue weighted by molar-refractivity contribution is 0.0900. The first kappa shape index (κ1) is 19.7. The van der Waals surface area contributed by atoms with E-state index in [0.717, 1.165) is 25.3 Å². The number of amides is 2. The maximum Gasteiger partial charge on any atom is 0.279 e. The zero-order valence-electron chi connectivity index (χ0n) is 15.2. The van der Waals surface area contributed by atoms with Crippen LogP contribution in [0.5, 0.6) is 5.88 Å². The van der Waals surface area contributed by atoms with Crippen LogP contribution in [0.1, 0.15) is 58.6 Å². The smallest absolute Gasteiger partial charge is 0.279 e. The van der Waals surface area contributed by atoms with Crippen molar-refractivity contribution in [3.63, 3.8) is 0 Å². The SMILES string of the molecule is COc1cc(C(=O)N[C@@H]2CCC[C@@H](NC(=O)c3cc(C(F)F)[nH]n3)C2)ccn1. The van der Waals surface area contributed by atoms with Crippen LogP contribution in [0.2, 0.25) is 0 Å². The molecule has 0 unspecified atom stereocenters. The molecule has 10 heteroatoms. The van der Waals surface area contributed by atoms with Crippen LogP contribution in [0.15, 0.2) is 24.4 Å². The van der Waals surface area contributed by atoms with Gasteiger partial charge in [0.1, 0.15) is 11.4 Å². The first-order valence-corrected chi connectivity index (χ1v) is 8.91. The third-order valence-electron chi connectivity index (χ3n) is 4.62. The van der Waals surface area contributed by atoms with Gasteiger partial charge in [-0.3, -0.25) is 14.7 Å². The summed E-state index contributed by atoms with van der Waals surface area (Å²) in [6.45, 7) is 0. The molecule has 2 heterocycles. The van der Waals surface area contributed by atoms with Gasteiger partial charge in [0.05, 0.1) is 7.11 Å². The van der Waals surface area contributed by atoms with E-state index < -0.39 is 18.0 Å². The van der Waals surface area contributed by atoms with Gasteiger partial charge >= 0.3 is 0 Å². The Balaban J connectivity index is 1.55. The number of rotatable bonds is 6. The molecular formula is C18H21F2N5O3. The van der Waals surface area contributed by atoms with Crippen LogP contribution >= 0.6 is 0 Å². The van der Waals surface area contributed by atoms with Crippen LogP contribution in [-0.4, -0.2) is 46.2 Å². The Morgan fingerprint density at radius 3 is 2.57 bits per heavy atom. The standard InChI is InChI=1S/C18H21F2N5O3/c1-28-15-7-10(5-6-21-15)17(26)22-11-3-2-4-12(8-11)23-18(27)14-9-13(16(19)20)24-25-14/h5-7,9,11-12,16H,2-4,8H2,1H3,(H,22,26)(H,23,27)(H,24,25)/t11-,12-/m1/s1. The molecule has 0 aliphatic heterocycles. The summed E-state index contributed by atoms with van der Waals surface area (Å²) >= 11 is 0. The highest BCUT2D eigenvalue weighted by atomic mass is 19.3. The first-order chi connectivity index (χ1) is 13.5. The fourth-order valence-corrected chi connectivity index (χ4v) is 3.21. The number of aromatic nitrogens is 3. The van der Waals surface area contributed by atoms with Crippen molar-refractivity contribution in [2.45, 2.75) is 44.2 Å². The van der Waals surface area contributed by atoms with Gasteiger partial charge in [0.15, 0.2) is 0 Å². The van der Waals surface area contributed by atoms with Crippen molar-refractivity contribution in [1.29, 1.82) is 0 Å². The number of alkyl halides is 2. The lowest BCUT2D eigenvalue weighted by atomic mass is 9.90. The summed E-state index contributed by atoms with van der Waals surface area (Å²) in [6.07, 6.45) is 1.68. The highest BCUT2D eigenvalue weighted by molar-refractivity contribution is 5.94. The van der Waals surface area contributed by atoms with Crippen LogP contribution in [-0.2, 0) is 0 Å². The second kappa shape index (κ2) is 8.77. The molecule has 2 amide bonds. The number of ether oxygens (including phenoxy) is 1. The summed E-state index contributed by atoms with van der Waals surface area (Å²) in [5.41, 5.74) is -0.0360. The Bertz CT molecular complexity index is 842. The van der Waals surface area contributed by atoms with Crippen LogP contribution in [0, 0.1) is 0 Å². The van der Waals surface area contributed by atoms with E-state index in [1.54, 1.807) is 12.1 Å². The number of nitrogens with one attached hydrogen (secondary N) is 3. The second-order valence-corrected chi connectivity index (χ2v) is 6.60. The number of carbonyl (C=O) groups is 2. The predicted molar refractivity (Wildman–Crippen MR) is 95.3 cm³/mol. The van der Waals surface area contributed by atoms with Gasteiger partial charge in [0.25, 0.3) is 18.2 Å². The largest absolute Gasteiger partial charge is 0.481 e. The molecule has 0 saturated heterocycles. The lowest BCUT2D eigenvalue weighted by Crippen LogP contribution is -2.45. The molecule has 2 atom stereocenters. The van der Waals surface area contributed by atoms with Gasteiger partial charge in [-0.2, -0.15) is 5.10 Å². The zero-order chi connectivity index (χ0) is 20.1. The number of pyridine rings is 1. The van der Waals surface area contributed by atoms with Crippen molar-refractivity contribution in [2.24, 2.45) is 0 Å². The summed E-state index contributed by atoms with van der Waals surface area (Å²) in [5, 5.41) is 11.5. The molecule has 150 valence electrons. The molecule has 3 rings (SSSR count). The Hall–Kier alpha value is -3.04. The number of nitrogens with zero attached hydrogens (tertiary/aromatic N) is 2. The number of hydrogen-bond donors (Lipinski definition) is 3. The molecule has 1 aliphatic carbocycles. The summed E-state index contributed by atoms with van der Waals surface area (Å²) < 4.78 is 30.2. The molecule has 2 aromatic rings. The van der Waals surface area contributed by atoms with E-state index >= 15 is 0 Å². The Kier molecular flexibility index (Phi) is 6.17. The molecule has 0 bridgehead atoms. The summed E-state index contributed by atoms with van der Waals surface area (Å²) in [4.78, 5) is 28.6. The van der Waals surface area contributed by atoms with Crippen molar-refractivity contribution in [3.8, 4) is 5.88 Å². The number of carbonyl (C=O) groups excluding carboxylic acids is 2. The summed E-state index contributed by atoms with van der Waals surface area (Å²) in [6, 6.07) is 3.90. The zero-order valence-corrected chi connectivity index (χ0v) is 15.2. The normalized spacial score (nSPS) is 19.3. The number of aromatic amines is 1. The molecule has 1 aliphatic rings. The Labute approximate surface area is 160 Å². The molecule has 0 spiro atoms. The molecule has 3 N–H and O–H groups in total. The van der Waals surface area contributed by atoms with E-state index in [2.05, 4.69) is 25.8 Å². The number of hydrogen-bond acceptors (Lipinski definition) is 5. The number of methoxy groups -OCH3 is 1. The lowest BCUT2D eigenvalue weighted by Gasteiger charge is -2.30. The average molecular weight is 393 g/mol. The Morgan fingerprint density at radius 2 is 1.93 bits per heavy atom. The van der Waals surface area contributed by atoms with E-state index in [-0.39, 0.29) is 23.7 Å². The third kappa shape index (κ3) is 4.81. The maximum absolute atomic E-state index is 12.6. The molecule has 0 radical (unpaired) electrons.